The Morgan fingerprint density at radius 1 is 1.50 bits per heavy atom. The number of ketones is 1. The maximum atomic E-state index is 13.5. The van der Waals surface area contributed by atoms with Crippen LogP contribution in [0.25, 0.3) is 0 Å². The summed E-state index contributed by atoms with van der Waals surface area (Å²) in [6.45, 7) is 1.51. The van der Waals surface area contributed by atoms with Crippen LogP contribution in [0.2, 0.25) is 0 Å². The van der Waals surface area contributed by atoms with Crippen molar-refractivity contribution in [2.75, 3.05) is 0 Å². The van der Waals surface area contributed by atoms with Crippen molar-refractivity contribution in [3.63, 3.8) is 0 Å². The van der Waals surface area contributed by atoms with Crippen molar-refractivity contribution < 1.29 is 9.18 Å². The van der Waals surface area contributed by atoms with Crippen LogP contribution in [0.15, 0.2) is 18.2 Å². The van der Waals surface area contributed by atoms with Gasteiger partial charge in [0, 0.05) is 5.56 Å². The number of aryl methyl sites for hydroxylation is 1. The molecule has 2 heteroatoms. The Balaban J connectivity index is 2.45. The average molecular weight is 192 g/mol. The lowest BCUT2D eigenvalue weighted by atomic mass is 9.88. The number of carbonyl (C=O) groups excluding carboxylic acids is 1. The van der Waals surface area contributed by atoms with Crippen molar-refractivity contribution in [1.29, 1.82) is 0 Å². The fraction of sp³-hybridized carbons (Fsp3) is 0.417. The van der Waals surface area contributed by atoms with E-state index >= 15 is 0 Å². The highest BCUT2D eigenvalue weighted by molar-refractivity contribution is 5.94. The standard InChI is InChI=1S/C12H13FO/c1-8(14)10-6-5-9-3-2-4-12(13)11(9)7-10/h5-7,12H,2-4H2,1H3. The second-order valence-electron chi connectivity index (χ2n) is 3.83. The summed E-state index contributed by atoms with van der Waals surface area (Å²) in [5.74, 6) is 0.00516. The predicted molar refractivity (Wildman–Crippen MR) is 53.2 cm³/mol. The van der Waals surface area contributed by atoms with Crippen LogP contribution in [0.1, 0.15) is 47.4 Å². The minimum Gasteiger partial charge on any atom is -0.295 e. The normalized spacial score (nSPS) is 20.3. The first-order valence-electron chi connectivity index (χ1n) is 4.96. The topological polar surface area (TPSA) is 17.1 Å². The SMILES string of the molecule is CC(=O)c1ccc2c(c1)C(F)CCC2. The van der Waals surface area contributed by atoms with Crippen molar-refractivity contribution in [2.45, 2.75) is 32.4 Å². The molecule has 1 aromatic carbocycles. The number of hydrogen-bond donors (Lipinski definition) is 0. The summed E-state index contributed by atoms with van der Waals surface area (Å²) >= 11 is 0. The number of benzene rings is 1. The summed E-state index contributed by atoms with van der Waals surface area (Å²) in [4.78, 5) is 11.1. The minimum absolute atomic E-state index is 0.00516. The molecular formula is C12H13FO. The molecule has 14 heavy (non-hydrogen) atoms. The molecule has 2 rings (SSSR count). The molecule has 0 amide bonds. The molecule has 0 N–H and O–H groups in total. The van der Waals surface area contributed by atoms with Crippen LogP contribution in [0.5, 0.6) is 0 Å². The molecule has 0 fully saturated rings. The fourth-order valence-electron chi connectivity index (χ4n) is 1.96. The van der Waals surface area contributed by atoms with E-state index in [0.717, 1.165) is 24.0 Å². The highest BCUT2D eigenvalue weighted by atomic mass is 19.1. The van der Waals surface area contributed by atoms with Crippen LogP contribution < -0.4 is 0 Å². The molecule has 74 valence electrons. The molecule has 0 saturated heterocycles. The van der Waals surface area contributed by atoms with E-state index in [2.05, 4.69) is 0 Å². The number of carbonyl (C=O) groups is 1. The zero-order valence-electron chi connectivity index (χ0n) is 8.22. The Morgan fingerprint density at radius 3 is 3.00 bits per heavy atom. The third-order valence-electron chi connectivity index (χ3n) is 2.79. The van der Waals surface area contributed by atoms with Gasteiger partial charge < -0.3 is 0 Å². The molecule has 0 saturated carbocycles. The smallest absolute Gasteiger partial charge is 0.159 e. The Labute approximate surface area is 82.9 Å². The zero-order valence-corrected chi connectivity index (χ0v) is 8.22. The van der Waals surface area contributed by atoms with Gasteiger partial charge in [0.1, 0.15) is 6.17 Å². The quantitative estimate of drug-likeness (QED) is 0.624. The number of hydrogen-bond acceptors (Lipinski definition) is 1. The van der Waals surface area contributed by atoms with Crippen LogP contribution >= 0.6 is 0 Å². The van der Waals surface area contributed by atoms with Crippen molar-refractivity contribution in [3.05, 3.63) is 34.9 Å². The molecule has 0 spiro atoms. The summed E-state index contributed by atoms with van der Waals surface area (Å²) in [7, 11) is 0. The molecule has 1 aliphatic rings. The van der Waals surface area contributed by atoms with E-state index in [1.807, 2.05) is 6.07 Å². The monoisotopic (exact) mass is 192 g/mol. The number of rotatable bonds is 1. The molecule has 1 aliphatic carbocycles. The van der Waals surface area contributed by atoms with Gasteiger partial charge in [-0.25, -0.2) is 4.39 Å². The van der Waals surface area contributed by atoms with Gasteiger partial charge in [-0.15, -0.1) is 0 Å². The largest absolute Gasteiger partial charge is 0.295 e. The van der Waals surface area contributed by atoms with Crippen molar-refractivity contribution in [3.8, 4) is 0 Å². The Kier molecular flexibility index (Phi) is 2.36. The lowest BCUT2D eigenvalue weighted by Gasteiger charge is -2.19. The number of halogens is 1. The van der Waals surface area contributed by atoms with Gasteiger partial charge in [-0.1, -0.05) is 12.1 Å². The molecule has 1 nitrogen and oxygen atoms in total. The van der Waals surface area contributed by atoms with E-state index in [4.69, 9.17) is 0 Å². The minimum atomic E-state index is -0.877. The second kappa shape index (κ2) is 3.52. The first kappa shape index (κ1) is 9.38. The molecule has 0 radical (unpaired) electrons. The first-order chi connectivity index (χ1) is 6.68. The molecule has 0 aromatic heterocycles. The predicted octanol–water partition coefficient (Wildman–Crippen LogP) is 3.24. The highest BCUT2D eigenvalue weighted by Crippen LogP contribution is 2.33. The molecule has 1 aromatic rings. The van der Waals surface area contributed by atoms with Gasteiger partial charge in [-0.3, -0.25) is 4.79 Å². The first-order valence-corrected chi connectivity index (χ1v) is 4.96. The van der Waals surface area contributed by atoms with Crippen LogP contribution in [0.4, 0.5) is 4.39 Å². The van der Waals surface area contributed by atoms with Crippen LogP contribution in [0, 0.1) is 0 Å². The van der Waals surface area contributed by atoms with Gasteiger partial charge in [0.05, 0.1) is 0 Å². The van der Waals surface area contributed by atoms with E-state index in [0.29, 0.717) is 12.0 Å². The summed E-state index contributed by atoms with van der Waals surface area (Å²) in [6, 6.07) is 5.39. The van der Waals surface area contributed by atoms with Gasteiger partial charge >= 0.3 is 0 Å². The average Bonchev–Trinajstić information content (AvgIpc) is 2.18. The molecular weight excluding hydrogens is 179 g/mol. The van der Waals surface area contributed by atoms with Crippen molar-refractivity contribution in [2.24, 2.45) is 0 Å². The van der Waals surface area contributed by atoms with Crippen molar-refractivity contribution in [1.82, 2.24) is 0 Å². The number of fused-ring (bicyclic) bond motifs is 1. The van der Waals surface area contributed by atoms with Gasteiger partial charge in [0.15, 0.2) is 5.78 Å². The van der Waals surface area contributed by atoms with E-state index in [1.54, 1.807) is 12.1 Å². The number of alkyl halides is 1. The van der Waals surface area contributed by atoms with E-state index in [9.17, 15) is 9.18 Å². The van der Waals surface area contributed by atoms with Gasteiger partial charge in [-0.2, -0.15) is 0 Å². The van der Waals surface area contributed by atoms with E-state index in [1.165, 1.54) is 6.92 Å². The Bertz CT molecular complexity index is 371. The summed E-state index contributed by atoms with van der Waals surface area (Å²) < 4.78 is 13.5. The summed E-state index contributed by atoms with van der Waals surface area (Å²) in [6.07, 6.45) is 1.56. The van der Waals surface area contributed by atoms with Crippen LogP contribution in [0.3, 0.4) is 0 Å². The maximum Gasteiger partial charge on any atom is 0.159 e. The Hall–Kier alpha value is -1.18. The van der Waals surface area contributed by atoms with Crippen LogP contribution in [-0.4, -0.2) is 5.78 Å². The van der Waals surface area contributed by atoms with Crippen LogP contribution in [-0.2, 0) is 6.42 Å². The maximum absolute atomic E-state index is 13.5. The lowest BCUT2D eigenvalue weighted by molar-refractivity contribution is 0.101. The molecule has 0 aliphatic heterocycles. The molecule has 1 atom stereocenters. The zero-order chi connectivity index (χ0) is 10.1. The fourth-order valence-corrected chi connectivity index (χ4v) is 1.96. The van der Waals surface area contributed by atoms with Crippen molar-refractivity contribution >= 4 is 5.78 Å². The lowest BCUT2D eigenvalue weighted by Crippen LogP contribution is -2.07. The molecule has 1 unspecified atom stereocenters. The second-order valence-corrected chi connectivity index (χ2v) is 3.83. The summed E-state index contributed by atoms with van der Waals surface area (Å²) in [5, 5.41) is 0. The highest BCUT2D eigenvalue weighted by Gasteiger charge is 2.19. The van der Waals surface area contributed by atoms with Gasteiger partial charge in [0.2, 0.25) is 0 Å². The van der Waals surface area contributed by atoms with E-state index < -0.39 is 6.17 Å². The van der Waals surface area contributed by atoms with E-state index in [-0.39, 0.29) is 5.78 Å². The third kappa shape index (κ3) is 1.57. The Morgan fingerprint density at radius 2 is 2.29 bits per heavy atom. The van der Waals surface area contributed by atoms with Gasteiger partial charge in [0.25, 0.3) is 0 Å². The number of Topliss-reactive ketones (excluding diaryl/α,β-unsaturated/α-hetero) is 1. The molecule has 0 bridgehead atoms. The summed E-state index contributed by atoms with van der Waals surface area (Å²) in [5.41, 5.74) is 2.41. The molecule has 0 heterocycles. The van der Waals surface area contributed by atoms with Gasteiger partial charge in [-0.05, 0) is 43.4 Å². The third-order valence-corrected chi connectivity index (χ3v) is 2.79.